The lowest BCUT2D eigenvalue weighted by Gasteiger charge is -2.36. The van der Waals surface area contributed by atoms with E-state index < -0.39 is 29.7 Å². The zero-order valence-corrected chi connectivity index (χ0v) is 35.1. The van der Waals surface area contributed by atoms with Crippen LogP contribution in [0.25, 0.3) is 11.2 Å². The van der Waals surface area contributed by atoms with E-state index in [1.54, 1.807) is 24.5 Å². The van der Waals surface area contributed by atoms with Gasteiger partial charge in [0, 0.05) is 49.5 Å². The number of imide groups is 2. The van der Waals surface area contributed by atoms with Crippen molar-refractivity contribution in [2.45, 2.75) is 63.6 Å². The highest BCUT2D eigenvalue weighted by Gasteiger charge is 2.45. The van der Waals surface area contributed by atoms with E-state index in [-0.39, 0.29) is 61.0 Å². The number of piperidine rings is 2. The largest absolute Gasteiger partial charge is 0.378 e. The van der Waals surface area contributed by atoms with E-state index in [1.165, 1.54) is 6.07 Å². The maximum atomic E-state index is 13.3. The number of aromatic nitrogens is 5. The summed E-state index contributed by atoms with van der Waals surface area (Å²) < 4.78 is 13.5. The van der Waals surface area contributed by atoms with Gasteiger partial charge < -0.3 is 40.2 Å². The van der Waals surface area contributed by atoms with Crippen molar-refractivity contribution in [3.05, 3.63) is 71.6 Å². The number of nitrogens with one attached hydrogen (secondary N) is 5. The fourth-order valence-electron chi connectivity index (χ4n) is 8.44. The molecule has 1 aliphatic carbocycles. The van der Waals surface area contributed by atoms with Crippen LogP contribution in [0, 0.1) is 12.8 Å². The van der Waals surface area contributed by atoms with Crippen molar-refractivity contribution in [2.75, 3.05) is 76.3 Å². The average molecular weight is 865 g/mol. The summed E-state index contributed by atoms with van der Waals surface area (Å²) in [5.41, 5.74) is 3.31. The Bertz CT molecular complexity index is 2360. The van der Waals surface area contributed by atoms with Crippen molar-refractivity contribution in [1.29, 1.82) is 0 Å². The molecule has 63 heavy (non-hydrogen) atoms. The third-order valence-electron chi connectivity index (χ3n) is 12.0. The molecule has 20 nitrogen and oxygen atoms in total. The van der Waals surface area contributed by atoms with E-state index in [0.29, 0.717) is 43.7 Å². The molecular weight excluding hydrogens is 813 g/mol. The van der Waals surface area contributed by atoms with Gasteiger partial charge in [-0.05, 0) is 82.3 Å². The minimum Gasteiger partial charge on any atom is -0.378 e. The topological polar surface area (TPSA) is 244 Å². The molecule has 5 N–H and O–H groups in total. The van der Waals surface area contributed by atoms with Gasteiger partial charge in [-0.3, -0.25) is 39.0 Å². The zero-order chi connectivity index (χ0) is 43.9. The summed E-state index contributed by atoms with van der Waals surface area (Å²) in [4.78, 5) is 96.7. The molecule has 4 aromatic rings. The molecule has 8 rings (SSSR count). The molecule has 1 saturated carbocycles. The van der Waals surface area contributed by atoms with E-state index in [1.807, 2.05) is 25.4 Å². The Labute approximate surface area is 363 Å². The van der Waals surface area contributed by atoms with Crippen molar-refractivity contribution in [1.82, 2.24) is 50.3 Å². The molecule has 20 heteroatoms. The maximum Gasteiger partial charge on any atom is 0.270 e. The van der Waals surface area contributed by atoms with Crippen LogP contribution in [0.3, 0.4) is 0 Å². The first-order valence-corrected chi connectivity index (χ1v) is 21.5. The second-order valence-corrected chi connectivity index (χ2v) is 16.3. The number of nitrogens with zero attached hydrogens (tertiary/aromatic N) is 7. The predicted molar refractivity (Wildman–Crippen MR) is 228 cm³/mol. The summed E-state index contributed by atoms with van der Waals surface area (Å²) in [6, 6.07) is 9.32. The number of hydrogen-bond donors (Lipinski definition) is 5. The minimum atomic E-state index is -1.07. The molecule has 6 amide bonds. The smallest absolute Gasteiger partial charge is 0.270 e. The van der Waals surface area contributed by atoms with Crippen LogP contribution >= 0.6 is 0 Å². The number of carbonyl (C=O) groups is 6. The van der Waals surface area contributed by atoms with Crippen LogP contribution in [0.15, 0.2) is 49.1 Å². The van der Waals surface area contributed by atoms with E-state index in [0.717, 1.165) is 79.4 Å². The highest BCUT2D eigenvalue weighted by atomic mass is 16.5. The van der Waals surface area contributed by atoms with Gasteiger partial charge in [-0.1, -0.05) is 12.1 Å². The lowest BCUT2D eigenvalue weighted by molar-refractivity contribution is -0.136. The number of amides is 6. The molecular formula is C43H52N12O8. The van der Waals surface area contributed by atoms with Gasteiger partial charge in [0.25, 0.3) is 17.7 Å². The van der Waals surface area contributed by atoms with Crippen LogP contribution in [0.5, 0.6) is 0 Å². The predicted octanol–water partition coefficient (Wildman–Crippen LogP) is 1.45. The molecule has 1 atom stereocenters. The highest BCUT2D eigenvalue weighted by molar-refractivity contribution is 6.25. The summed E-state index contributed by atoms with van der Waals surface area (Å²) in [5, 5.41) is 14.5. The van der Waals surface area contributed by atoms with Crippen LogP contribution < -0.4 is 26.6 Å². The van der Waals surface area contributed by atoms with Gasteiger partial charge in [0.05, 0.1) is 50.4 Å². The molecule has 0 spiro atoms. The van der Waals surface area contributed by atoms with Crippen molar-refractivity contribution in [3.8, 4) is 0 Å². The first-order chi connectivity index (χ1) is 30.6. The Morgan fingerprint density at radius 1 is 0.889 bits per heavy atom. The Hall–Kier alpha value is -6.38. The average Bonchev–Trinajstić information content (AvgIpc) is 3.81. The SMILES string of the molecule is Cc1cccc(C(=O)NC2CC(n3cnc4c(NCC5CCN(CCOCCOCCNC(=O)CNc6cccc7c6C(=O)N([C@@H]6CCC(=O)NC6=O)C7=O)CC5)ncnc43)C2)n1. The van der Waals surface area contributed by atoms with Gasteiger partial charge in [-0.25, -0.2) is 19.9 Å². The van der Waals surface area contributed by atoms with Crippen LogP contribution in [0.1, 0.15) is 81.5 Å². The van der Waals surface area contributed by atoms with Crippen molar-refractivity contribution in [2.24, 2.45) is 5.92 Å². The number of aryl methyl sites for hydroxylation is 1. The van der Waals surface area contributed by atoms with Gasteiger partial charge in [-0.2, -0.15) is 0 Å². The number of fused-ring (bicyclic) bond motifs is 2. The van der Waals surface area contributed by atoms with Crippen LogP contribution in [-0.4, -0.2) is 148 Å². The number of imidazole rings is 1. The van der Waals surface area contributed by atoms with E-state index in [4.69, 9.17) is 9.47 Å². The fraction of sp³-hybridized carbons (Fsp3) is 0.488. The summed E-state index contributed by atoms with van der Waals surface area (Å²) in [6.07, 6.45) is 7.19. The second-order valence-electron chi connectivity index (χ2n) is 16.3. The third kappa shape index (κ3) is 10.1. The molecule has 4 aliphatic rings. The third-order valence-corrected chi connectivity index (χ3v) is 12.0. The number of likely N-dealkylation sites (tertiary alicyclic amines) is 1. The van der Waals surface area contributed by atoms with Gasteiger partial charge in [0.15, 0.2) is 11.5 Å². The molecule has 3 aliphatic heterocycles. The number of rotatable bonds is 19. The van der Waals surface area contributed by atoms with Crippen LogP contribution in [0.4, 0.5) is 11.5 Å². The fourth-order valence-corrected chi connectivity index (χ4v) is 8.44. The number of carbonyl (C=O) groups excluding carboxylic acids is 6. The molecule has 3 fully saturated rings. The van der Waals surface area contributed by atoms with Crippen LogP contribution in [-0.2, 0) is 23.9 Å². The van der Waals surface area contributed by atoms with E-state index in [9.17, 15) is 28.8 Å². The maximum absolute atomic E-state index is 13.3. The zero-order valence-electron chi connectivity index (χ0n) is 35.1. The molecule has 1 aromatic carbocycles. The number of benzene rings is 1. The molecule has 2 saturated heterocycles. The monoisotopic (exact) mass is 864 g/mol. The number of anilines is 2. The Morgan fingerprint density at radius 2 is 1.68 bits per heavy atom. The summed E-state index contributed by atoms with van der Waals surface area (Å²) >= 11 is 0. The van der Waals surface area contributed by atoms with Gasteiger partial charge >= 0.3 is 0 Å². The van der Waals surface area contributed by atoms with Gasteiger partial charge in [0.1, 0.15) is 23.6 Å². The summed E-state index contributed by atoms with van der Waals surface area (Å²) in [6.45, 7) is 7.31. The van der Waals surface area contributed by atoms with E-state index >= 15 is 0 Å². The van der Waals surface area contributed by atoms with E-state index in [2.05, 4.69) is 56.0 Å². The lowest BCUT2D eigenvalue weighted by Crippen LogP contribution is -2.54. The van der Waals surface area contributed by atoms with Gasteiger partial charge in [0.2, 0.25) is 17.7 Å². The standard InChI is InChI=1S/C43H52N12O8/c1-26-4-2-7-32(50-26)40(58)51-28-20-29(21-28)54-25-49-37-38(47-24-48-39(37)54)46-22-27-10-13-53(14-11-27)15-17-63-19-18-62-16-12-44-35(57)23-45-31-6-3-5-30-36(31)43(61)55(42(30)60)33-8-9-34(56)52-41(33)59/h2-7,24-25,27-29,33,45H,8-23H2,1H3,(H,44,57)(H,51,58)(H,46,47,48)(H,52,56,59)/t28?,29?,33-/m1/s1. The first kappa shape index (κ1) is 43.3. The highest BCUT2D eigenvalue weighted by Crippen LogP contribution is 2.35. The quantitative estimate of drug-likeness (QED) is 0.0662. The number of hydrogen-bond acceptors (Lipinski definition) is 15. The summed E-state index contributed by atoms with van der Waals surface area (Å²) in [5.74, 6) is -1.63. The first-order valence-electron chi connectivity index (χ1n) is 21.5. The molecule has 0 unspecified atom stereocenters. The van der Waals surface area contributed by atoms with Crippen LogP contribution in [0.2, 0.25) is 0 Å². The molecule has 0 bridgehead atoms. The van der Waals surface area contributed by atoms with Gasteiger partial charge in [-0.15, -0.1) is 0 Å². The van der Waals surface area contributed by atoms with Crippen molar-refractivity contribution < 1.29 is 38.2 Å². The molecule has 332 valence electrons. The lowest BCUT2D eigenvalue weighted by atomic mass is 9.86. The molecule has 6 heterocycles. The Kier molecular flexibility index (Phi) is 13.6. The minimum absolute atomic E-state index is 0.0286. The van der Waals surface area contributed by atoms with Crippen molar-refractivity contribution in [3.63, 3.8) is 0 Å². The number of pyridine rings is 1. The van der Waals surface area contributed by atoms with Crippen molar-refractivity contribution >= 4 is 58.1 Å². The Balaban J connectivity index is 0.659. The summed E-state index contributed by atoms with van der Waals surface area (Å²) in [7, 11) is 0. The Morgan fingerprint density at radius 3 is 2.48 bits per heavy atom. The molecule has 3 aromatic heterocycles. The normalized spacial score (nSPS) is 20.3. The number of ether oxygens (including phenoxy) is 2. The molecule has 0 radical (unpaired) electrons. The second kappa shape index (κ2) is 19.8.